The molecule has 0 saturated carbocycles. The van der Waals surface area contributed by atoms with Crippen molar-refractivity contribution in [3.05, 3.63) is 97.8 Å². The van der Waals surface area contributed by atoms with E-state index in [1.807, 2.05) is 31.2 Å². The third-order valence-corrected chi connectivity index (χ3v) is 6.26. The van der Waals surface area contributed by atoms with Crippen molar-refractivity contribution in [2.45, 2.75) is 26.4 Å². The Morgan fingerprint density at radius 3 is 2.39 bits per heavy atom. The zero-order valence-electron chi connectivity index (χ0n) is 17.9. The van der Waals surface area contributed by atoms with Crippen LogP contribution in [0.5, 0.6) is 5.75 Å². The van der Waals surface area contributed by atoms with Gasteiger partial charge >= 0.3 is 5.69 Å². The second-order valence-corrected chi connectivity index (χ2v) is 8.64. The lowest BCUT2D eigenvalue weighted by Crippen LogP contribution is -2.26. The summed E-state index contributed by atoms with van der Waals surface area (Å²) in [6.07, 6.45) is 0.922. The van der Waals surface area contributed by atoms with Crippen LogP contribution in [0.15, 0.2) is 69.6 Å². The zero-order valence-corrected chi connectivity index (χ0v) is 18.7. The Morgan fingerprint density at radius 2 is 1.67 bits per heavy atom. The van der Waals surface area contributed by atoms with Gasteiger partial charge in [0, 0.05) is 0 Å². The highest BCUT2D eigenvalue weighted by Crippen LogP contribution is 2.19. The maximum Gasteiger partial charge on any atom is 0.352 e. The van der Waals surface area contributed by atoms with E-state index in [1.165, 1.54) is 37.1 Å². The molecule has 5 rings (SSSR count). The molecule has 0 radical (unpaired) electrons. The molecule has 0 aliphatic rings. The number of halogens is 1. The maximum atomic E-state index is 13.3. The Bertz CT molecular complexity index is 1550. The van der Waals surface area contributed by atoms with Crippen molar-refractivity contribution < 1.29 is 9.13 Å². The number of nitrogens with zero attached hydrogens (tertiary/aromatic N) is 4. The standard InChI is InChI=1S/C24H21FN4O3S/c1-2-12-32-19-9-5-16(6-10-19)14-27-22(30)21-20(11-13-33-21)29-23(27)26-28(24(29)31)15-17-3-7-18(25)8-4-17/h3-11,13H,2,12,14-15H2,1H3. The monoisotopic (exact) mass is 464 g/mol. The lowest BCUT2D eigenvalue weighted by molar-refractivity contribution is 0.317. The number of ether oxygens (including phenoxy) is 1. The van der Waals surface area contributed by atoms with E-state index in [2.05, 4.69) is 5.10 Å². The van der Waals surface area contributed by atoms with E-state index in [-0.39, 0.29) is 35.9 Å². The summed E-state index contributed by atoms with van der Waals surface area (Å²) in [4.78, 5) is 26.5. The van der Waals surface area contributed by atoms with Gasteiger partial charge in [-0.2, -0.15) is 0 Å². The molecule has 9 heteroatoms. The maximum absolute atomic E-state index is 13.3. The SMILES string of the molecule is CCCOc1ccc(Cn2c(=O)c3sccc3n3c(=O)n(Cc4ccc(F)cc4)nc23)cc1. The van der Waals surface area contributed by atoms with Crippen LogP contribution in [0.4, 0.5) is 4.39 Å². The molecule has 0 spiro atoms. The van der Waals surface area contributed by atoms with Crippen LogP contribution in [0.25, 0.3) is 16.0 Å². The fourth-order valence-electron chi connectivity index (χ4n) is 3.74. The molecule has 3 heterocycles. The topological polar surface area (TPSA) is 70.5 Å². The molecule has 168 valence electrons. The van der Waals surface area contributed by atoms with Crippen molar-refractivity contribution in [3.63, 3.8) is 0 Å². The second-order valence-electron chi connectivity index (χ2n) is 7.72. The molecular weight excluding hydrogens is 443 g/mol. The van der Waals surface area contributed by atoms with Crippen molar-refractivity contribution in [3.8, 4) is 5.75 Å². The van der Waals surface area contributed by atoms with Gasteiger partial charge in [0.2, 0.25) is 5.78 Å². The Kier molecular flexibility index (Phi) is 5.55. The molecule has 0 fully saturated rings. The normalized spacial score (nSPS) is 11.5. The first kappa shape index (κ1) is 21.1. The first-order valence-electron chi connectivity index (χ1n) is 10.6. The summed E-state index contributed by atoms with van der Waals surface area (Å²) in [6.45, 7) is 3.12. The highest BCUT2D eigenvalue weighted by Gasteiger charge is 2.18. The predicted molar refractivity (Wildman–Crippen MR) is 126 cm³/mol. The minimum Gasteiger partial charge on any atom is -0.494 e. The highest BCUT2D eigenvalue weighted by molar-refractivity contribution is 7.17. The largest absolute Gasteiger partial charge is 0.494 e. The van der Waals surface area contributed by atoms with Gasteiger partial charge in [-0.3, -0.25) is 9.36 Å². The van der Waals surface area contributed by atoms with Crippen LogP contribution in [-0.2, 0) is 13.1 Å². The summed E-state index contributed by atoms with van der Waals surface area (Å²) in [5.74, 6) is 0.692. The molecule has 0 N–H and O–H groups in total. The van der Waals surface area contributed by atoms with Gasteiger partial charge < -0.3 is 4.74 Å². The van der Waals surface area contributed by atoms with Crippen molar-refractivity contribution >= 4 is 27.3 Å². The molecule has 0 aliphatic heterocycles. The molecule has 0 amide bonds. The Labute approximate surface area is 191 Å². The minimum absolute atomic E-state index is 0.171. The van der Waals surface area contributed by atoms with Crippen molar-refractivity contribution in [1.29, 1.82) is 0 Å². The van der Waals surface area contributed by atoms with Crippen LogP contribution >= 0.6 is 11.3 Å². The van der Waals surface area contributed by atoms with Crippen LogP contribution in [-0.4, -0.2) is 25.4 Å². The fraction of sp³-hybridized carbons (Fsp3) is 0.208. The summed E-state index contributed by atoms with van der Waals surface area (Å²) in [5.41, 5.74) is 1.61. The van der Waals surface area contributed by atoms with Crippen molar-refractivity contribution in [1.82, 2.24) is 18.7 Å². The summed E-state index contributed by atoms with van der Waals surface area (Å²) >= 11 is 1.30. The Balaban J connectivity index is 1.60. The fourth-order valence-corrected chi connectivity index (χ4v) is 4.56. The van der Waals surface area contributed by atoms with Gasteiger partial charge in [0.05, 0.1) is 25.2 Å². The molecule has 0 aliphatic carbocycles. The van der Waals surface area contributed by atoms with E-state index >= 15 is 0 Å². The molecule has 5 aromatic rings. The van der Waals surface area contributed by atoms with Gasteiger partial charge in [0.15, 0.2) is 0 Å². The third kappa shape index (κ3) is 3.95. The molecule has 33 heavy (non-hydrogen) atoms. The first-order valence-corrected chi connectivity index (χ1v) is 11.5. The third-order valence-electron chi connectivity index (χ3n) is 5.37. The van der Waals surface area contributed by atoms with E-state index in [9.17, 15) is 14.0 Å². The Morgan fingerprint density at radius 1 is 0.970 bits per heavy atom. The van der Waals surface area contributed by atoms with E-state index in [0.29, 0.717) is 16.8 Å². The number of hydrogen-bond donors (Lipinski definition) is 0. The van der Waals surface area contributed by atoms with Gasteiger partial charge in [0.1, 0.15) is 16.3 Å². The molecule has 0 bridgehead atoms. The highest BCUT2D eigenvalue weighted by atomic mass is 32.1. The van der Waals surface area contributed by atoms with E-state index in [4.69, 9.17) is 4.74 Å². The van der Waals surface area contributed by atoms with Crippen LogP contribution in [0.1, 0.15) is 24.5 Å². The molecule has 7 nitrogen and oxygen atoms in total. The van der Waals surface area contributed by atoms with Gasteiger partial charge in [-0.25, -0.2) is 18.3 Å². The molecule has 3 aromatic heterocycles. The molecular formula is C24H21FN4O3S. The Hall–Kier alpha value is -3.72. The van der Waals surface area contributed by atoms with Crippen molar-refractivity contribution in [2.24, 2.45) is 0 Å². The van der Waals surface area contributed by atoms with Gasteiger partial charge in [-0.05, 0) is 53.3 Å². The molecule has 0 saturated heterocycles. The molecule has 0 unspecified atom stereocenters. The lowest BCUT2D eigenvalue weighted by Gasteiger charge is -2.09. The van der Waals surface area contributed by atoms with E-state index in [1.54, 1.807) is 23.6 Å². The minimum atomic E-state index is -0.352. The molecule has 2 aromatic carbocycles. The number of aromatic nitrogens is 4. The first-order chi connectivity index (χ1) is 16.0. The van der Waals surface area contributed by atoms with Crippen molar-refractivity contribution in [2.75, 3.05) is 6.61 Å². The number of benzene rings is 2. The van der Waals surface area contributed by atoms with Crippen LogP contribution in [0.3, 0.4) is 0 Å². The van der Waals surface area contributed by atoms with Crippen LogP contribution < -0.4 is 16.0 Å². The number of fused-ring (bicyclic) bond motifs is 3. The summed E-state index contributed by atoms with van der Waals surface area (Å²) < 4.78 is 23.7. The number of rotatable bonds is 7. The van der Waals surface area contributed by atoms with Gasteiger partial charge in [-0.1, -0.05) is 31.2 Å². The zero-order chi connectivity index (χ0) is 22.9. The second kappa shape index (κ2) is 8.67. The van der Waals surface area contributed by atoms with Gasteiger partial charge in [-0.15, -0.1) is 16.4 Å². The molecule has 0 atom stereocenters. The average Bonchev–Trinajstić information content (AvgIpc) is 3.43. The number of hydrogen-bond acceptors (Lipinski definition) is 5. The van der Waals surface area contributed by atoms with Crippen LogP contribution in [0, 0.1) is 5.82 Å². The van der Waals surface area contributed by atoms with E-state index < -0.39 is 0 Å². The average molecular weight is 465 g/mol. The smallest absolute Gasteiger partial charge is 0.352 e. The summed E-state index contributed by atoms with van der Waals surface area (Å²) in [7, 11) is 0. The van der Waals surface area contributed by atoms with Crippen LogP contribution in [0.2, 0.25) is 0 Å². The van der Waals surface area contributed by atoms with E-state index in [0.717, 1.165) is 23.3 Å². The lowest BCUT2D eigenvalue weighted by atomic mass is 10.2. The quantitative estimate of drug-likeness (QED) is 0.366. The van der Waals surface area contributed by atoms with Gasteiger partial charge in [0.25, 0.3) is 5.56 Å². The summed E-state index contributed by atoms with van der Waals surface area (Å²) in [5, 5.41) is 6.28. The summed E-state index contributed by atoms with van der Waals surface area (Å²) in [6, 6.07) is 15.2. The predicted octanol–water partition coefficient (Wildman–Crippen LogP) is 3.90. The number of thiophene rings is 1.